The molecule has 0 aromatic heterocycles. The third kappa shape index (κ3) is 4.12. The summed E-state index contributed by atoms with van der Waals surface area (Å²) in [5.41, 5.74) is 1.08. The highest BCUT2D eigenvalue weighted by molar-refractivity contribution is 9.11. The predicted octanol–water partition coefficient (Wildman–Crippen LogP) is 4.24. The number of amides is 1. The molecule has 1 amide bonds. The summed E-state index contributed by atoms with van der Waals surface area (Å²) in [4.78, 5) is 13.4. The molecule has 1 aliphatic heterocycles. The van der Waals surface area contributed by atoms with Crippen LogP contribution in [0, 0.1) is 0 Å². The first-order chi connectivity index (χ1) is 9.60. The Morgan fingerprint density at radius 3 is 2.75 bits per heavy atom. The number of nitrogens with zero attached hydrogens (tertiary/aromatic N) is 1. The van der Waals surface area contributed by atoms with Crippen molar-refractivity contribution in [3.8, 4) is 0 Å². The number of rotatable bonds is 3. The summed E-state index contributed by atoms with van der Waals surface area (Å²) in [5.74, 6) is 0. The fourth-order valence-corrected chi connectivity index (χ4v) is 2.97. The molecular formula is C14H18Br2N2O2. The third-order valence-electron chi connectivity index (χ3n) is 3.31. The minimum atomic E-state index is -0.199. The van der Waals surface area contributed by atoms with Crippen LogP contribution in [0.15, 0.2) is 27.1 Å². The van der Waals surface area contributed by atoms with Gasteiger partial charge in [-0.1, -0.05) is 15.9 Å². The molecule has 0 unspecified atom stereocenters. The first-order valence-corrected chi connectivity index (χ1v) is 8.32. The van der Waals surface area contributed by atoms with Crippen LogP contribution in [0.4, 0.5) is 10.5 Å². The number of ether oxygens (including phenoxy) is 1. The van der Waals surface area contributed by atoms with Crippen molar-refractivity contribution >= 4 is 43.6 Å². The minimum absolute atomic E-state index is 0.199. The van der Waals surface area contributed by atoms with Crippen molar-refractivity contribution in [1.29, 1.82) is 0 Å². The van der Waals surface area contributed by atoms with Gasteiger partial charge in [-0.3, -0.25) is 0 Å². The smallest absolute Gasteiger partial charge is 0.409 e. The molecule has 6 heteroatoms. The van der Waals surface area contributed by atoms with Gasteiger partial charge in [0, 0.05) is 33.8 Å². The third-order valence-corrected chi connectivity index (χ3v) is 4.49. The van der Waals surface area contributed by atoms with Crippen LogP contribution >= 0.6 is 31.9 Å². The normalized spacial score (nSPS) is 16.1. The van der Waals surface area contributed by atoms with Crippen LogP contribution in [0.5, 0.6) is 0 Å². The molecule has 0 aliphatic carbocycles. The van der Waals surface area contributed by atoms with Gasteiger partial charge in [0.1, 0.15) is 0 Å². The second kappa shape index (κ2) is 7.31. The highest BCUT2D eigenvalue weighted by Gasteiger charge is 2.23. The summed E-state index contributed by atoms with van der Waals surface area (Å²) in [6.45, 7) is 3.74. The Morgan fingerprint density at radius 2 is 2.10 bits per heavy atom. The molecule has 1 N–H and O–H groups in total. The summed E-state index contributed by atoms with van der Waals surface area (Å²) < 4.78 is 7.12. The zero-order valence-electron chi connectivity index (χ0n) is 11.4. The van der Waals surface area contributed by atoms with E-state index < -0.39 is 0 Å². The van der Waals surface area contributed by atoms with Crippen molar-refractivity contribution in [2.75, 3.05) is 25.0 Å². The molecule has 2 rings (SSSR count). The summed E-state index contributed by atoms with van der Waals surface area (Å²) in [6.07, 6.45) is 1.66. The predicted molar refractivity (Wildman–Crippen MR) is 87.1 cm³/mol. The number of piperidine rings is 1. The fraction of sp³-hybridized carbons (Fsp3) is 0.500. The first-order valence-electron chi connectivity index (χ1n) is 6.73. The lowest BCUT2D eigenvalue weighted by Gasteiger charge is -2.32. The molecule has 4 nitrogen and oxygen atoms in total. The molecule has 20 heavy (non-hydrogen) atoms. The van der Waals surface area contributed by atoms with Gasteiger partial charge in [-0.25, -0.2) is 4.79 Å². The SMILES string of the molecule is CCOC(=O)N1CCC(Nc2cc(Br)ccc2Br)CC1. The van der Waals surface area contributed by atoms with Gasteiger partial charge < -0.3 is 15.0 Å². The van der Waals surface area contributed by atoms with Crippen molar-refractivity contribution < 1.29 is 9.53 Å². The Labute approximate surface area is 136 Å². The van der Waals surface area contributed by atoms with E-state index in [2.05, 4.69) is 43.2 Å². The Morgan fingerprint density at radius 1 is 1.40 bits per heavy atom. The Bertz CT molecular complexity index is 474. The van der Waals surface area contributed by atoms with Crippen molar-refractivity contribution in [3.63, 3.8) is 0 Å². The molecule has 0 atom stereocenters. The second-order valence-corrected chi connectivity index (χ2v) is 6.50. The zero-order chi connectivity index (χ0) is 14.5. The number of carbonyl (C=O) groups excluding carboxylic acids is 1. The molecule has 1 heterocycles. The van der Waals surface area contributed by atoms with Crippen LogP contribution in [-0.4, -0.2) is 36.7 Å². The van der Waals surface area contributed by atoms with Crippen LogP contribution in [0.2, 0.25) is 0 Å². The highest BCUT2D eigenvalue weighted by Crippen LogP contribution is 2.28. The van der Waals surface area contributed by atoms with Gasteiger partial charge in [0.15, 0.2) is 0 Å². The quantitative estimate of drug-likeness (QED) is 0.817. The Balaban J connectivity index is 1.88. The van der Waals surface area contributed by atoms with E-state index in [4.69, 9.17) is 4.74 Å². The highest BCUT2D eigenvalue weighted by atomic mass is 79.9. The van der Waals surface area contributed by atoms with Crippen LogP contribution in [0.25, 0.3) is 0 Å². The zero-order valence-corrected chi connectivity index (χ0v) is 14.5. The van der Waals surface area contributed by atoms with E-state index in [1.54, 1.807) is 4.90 Å². The maximum absolute atomic E-state index is 11.6. The number of nitrogens with one attached hydrogen (secondary N) is 1. The lowest BCUT2D eigenvalue weighted by Crippen LogP contribution is -2.42. The van der Waals surface area contributed by atoms with Gasteiger partial charge in [-0.05, 0) is 53.9 Å². The minimum Gasteiger partial charge on any atom is -0.450 e. The van der Waals surface area contributed by atoms with Crippen LogP contribution in [0.1, 0.15) is 19.8 Å². The van der Waals surface area contributed by atoms with Crippen molar-refractivity contribution in [3.05, 3.63) is 27.1 Å². The van der Waals surface area contributed by atoms with Crippen LogP contribution in [0.3, 0.4) is 0 Å². The average molecular weight is 406 g/mol. The van der Waals surface area contributed by atoms with E-state index in [0.29, 0.717) is 12.6 Å². The number of benzene rings is 1. The fourth-order valence-electron chi connectivity index (χ4n) is 2.25. The molecule has 1 aromatic carbocycles. The molecule has 1 saturated heterocycles. The van der Waals surface area contributed by atoms with E-state index in [0.717, 1.165) is 40.6 Å². The standard InChI is InChI=1S/C14H18Br2N2O2/c1-2-20-14(19)18-7-5-11(6-8-18)17-13-9-10(15)3-4-12(13)16/h3-4,9,11,17H,2,5-8H2,1H3. The van der Waals surface area contributed by atoms with Gasteiger partial charge in [0.25, 0.3) is 0 Å². The van der Waals surface area contributed by atoms with E-state index in [1.807, 2.05) is 19.1 Å². The Hall–Kier alpha value is -0.750. The summed E-state index contributed by atoms with van der Waals surface area (Å²) in [7, 11) is 0. The molecular weight excluding hydrogens is 388 g/mol. The van der Waals surface area contributed by atoms with Gasteiger partial charge in [-0.2, -0.15) is 0 Å². The molecule has 0 radical (unpaired) electrons. The van der Waals surface area contributed by atoms with Crippen molar-refractivity contribution in [2.24, 2.45) is 0 Å². The van der Waals surface area contributed by atoms with E-state index in [-0.39, 0.29) is 6.09 Å². The largest absolute Gasteiger partial charge is 0.450 e. The maximum atomic E-state index is 11.6. The van der Waals surface area contributed by atoms with Crippen molar-refractivity contribution in [1.82, 2.24) is 4.90 Å². The van der Waals surface area contributed by atoms with Crippen LogP contribution < -0.4 is 5.32 Å². The molecule has 1 fully saturated rings. The molecule has 1 aliphatic rings. The topological polar surface area (TPSA) is 41.6 Å². The average Bonchev–Trinajstić information content (AvgIpc) is 2.44. The van der Waals surface area contributed by atoms with Gasteiger partial charge in [-0.15, -0.1) is 0 Å². The number of hydrogen-bond acceptors (Lipinski definition) is 3. The first kappa shape index (κ1) is 15.6. The summed E-state index contributed by atoms with van der Waals surface area (Å²) in [5, 5.41) is 3.53. The van der Waals surface area contributed by atoms with E-state index in [9.17, 15) is 4.79 Å². The molecule has 1 aromatic rings. The molecule has 0 bridgehead atoms. The number of carbonyl (C=O) groups is 1. The van der Waals surface area contributed by atoms with Gasteiger partial charge >= 0.3 is 6.09 Å². The van der Waals surface area contributed by atoms with E-state index in [1.165, 1.54) is 0 Å². The monoisotopic (exact) mass is 404 g/mol. The van der Waals surface area contributed by atoms with Gasteiger partial charge in [0.05, 0.1) is 6.61 Å². The van der Waals surface area contributed by atoms with E-state index >= 15 is 0 Å². The second-order valence-electron chi connectivity index (χ2n) is 4.73. The number of anilines is 1. The van der Waals surface area contributed by atoms with Crippen LogP contribution in [-0.2, 0) is 4.74 Å². The van der Waals surface area contributed by atoms with Crippen molar-refractivity contribution in [2.45, 2.75) is 25.8 Å². The summed E-state index contributed by atoms with van der Waals surface area (Å²) in [6, 6.07) is 6.45. The lowest BCUT2D eigenvalue weighted by molar-refractivity contribution is 0.0983. The maximum Gasteiger partial charge on any atom is 0.409 e. The number of halogens is 2. The molecule has 0 spiro atoms. The number of likely N-dealkylation sites (tertiary alicyclic amines) is 1. The molecule has 0 saturated carbocycles. The lowest BCUT2D eigenvalue weighted by atomic mass is 10.1. The molecule has 110 valence electrons. The van der Waals surface area contributed by atoms with Gasteiger partial charge in [0.2, 0.25) is 0 Å². The number of hydrogen-bond donors (Lipinski definition) is 1. The Kier molecular flexibility index (Phi) is 5.72. The summed E-state index contributed by atoms with van der Waals surface area (Å²) >= 11 is 7.02.